The summed E-state index contributed by atoms with van der Waals surface area (Å²) in [5.41, 5.74) is 8.88. The number of hydrogen-bond acceptors (Lipinski definition) is 8. The minimum atomic E-state index is -0.406. The number of nitrogen functional groups attached to an aromatic ring is 1. The topological polar surface area (TPSA) is 146 Å². The number of hydrogen-bond donors (Lipinski definition) is 4. The van der Waals surface area contributed by atoms with Crippen LogP contribution in [0, 0.1) is 5.92 Å². The van der Waals surface area contributed by atoms with Crippen LogP contribution in [0.25, 0.3) is 0 Å². The van der Waals surface area contributed by atoms with Crippen molar-refractivity contribution in [1.82, 2.24) is 9.80 Å². The van der Waals surface area contributed by atoms with E-state index < -0.39 is 6.04 Å². The molecular weight excluding hydrogens is 670 g/mol. The molecule has 0 aromatic heterocycles. The molecule has 3 atom stereocenters. The molecule has 4 aromatic rings. The monoisotopic (exact) mass is 721 g/mol. The Labute approximate surface area is 312 Å². The first-order valence-corrected chi connectivity index (χ1v) is 18.3. The van der Waals surface area contributed by atoms with Crippen LogP contribution in [-0.2, 0) is 16.1 Å². The number of carbonyl (C=O) groups is 3. The molecule has 0 bridgehead atoms. The zero-order valence-corrected chi connectivity index (χ0v) is 30.8. The maximum Gasteiger partial charge on any atom is 0.258 e. The number of carbonyl (C=O) groups excluding carboxylic acids is 3. The summed E-state index contributed by atoms with van der Waals surface area (Å²) in [7, 11) is 2.03. The third-order valence-corrected chi connectivity index (χ3v) is 9.35. The van der Waals surface area contributed by atoms with Gasteiger partial charge >= 0.3 is 0 Å². The van der Waals surface area contributed by atoms with Gasteiger partial charge in [0.05, 0.1) is 35.3 Å². The average molecular weight is 722 g/mol. The lowest BCUT2D eigenvalue weighted by Crippen LogP contribution is -2.49. The number of likely N-dealkylation sites (N-methyl/N-ethyl adjacent to an activating group) is 1. The Morgan fingerprint density at radius 3 is 2.19 bits per heavy atom. The summed E-state index contributed by atoms with van der Waals surface area (Å²) < 4.78 is 12.6. The Balaban J connectivity index is 1.21. The van der Waals surface area contributed by atoms with Crippen LogP contribution >= 0.6 is 0 Å². The molecule has 53 heavy (non-hydrogen) atoms. The van der Waals surface area contributed by atoms with Gasteiger partial charge in [-0.25, -0.2) is 0 Å². The molecule has 1 aliphatic heterocycles. The average Bonchev–Trinajstić information content (AvgIpc) is 3.15. The molecule has 5 rings (SSSR count). The van der Waals surface area contributed by atoms with Gasteiger partial charge in [-0.05, 0) is 80.9 Å². The van der Waals surface area contributed by atoms with E-state index >= 15 is 0 Å². The highest BCUT2D eigenvalue weighted by atomic mass is 16.5. The standard InChI is InChI=1S/C42H51N5O6/c1-29-25-47(30(2)28-48)42(51)34-15-12-18-37(45-40(50)20-9-5-8-19-39(49)44-36-17-11-10-16-35(36)43)41(34)53-38(29)27-46(3)26-31-21-23-33(24-22-31)52-32-13-6-4-7-14-32/h4,6-7,10-18,21-24,29-30,38,48H,5,8-9,19-20,25-28,43H2,1-3H3,(H,44,49)(H,45,50)/t29-,30+,38+/m0/s1. The molecule has 11 nitrogen and oxygen atoms in total. The van der Waals surface area contributed by atoms with Gasteiger partial charge in [0.25, 0.3) is 5.91 Å². The normalized spacial score (nSPS) is 16.2. The third kappa shape index (κ3) is 11.1. The highest BCUT2D eigenvalue weighted by Crippen LogP contribution is 2.35. The third-order valence-electron chi connectivity index (χ3n) is 9.35. The van der Waals surface area contributed by atoms with Crippen molar-refractivity contribution in [2.75, 3.05) is 43.1 Å². The minimum Gasteiger partial charge on any atom is -0.486 e. The summed E-state index contributed by atoms with van der Waals surface area (Å²) in [6, 6.07) is 29.5. The quantitative estimate of drug-likeness (QED) is 0.0719. The van der Waals surface area contributed by atoms with Crippen LogP contribution < -0.4 is 25.8 Å². The summed E-state index contributed by atoms with van der Waals surface area (Å²) >= 11 is 0. The molecule has 1 heterocycles. The smallest absolute Gasteiger partial charge is 0.258 e. The molecule has 1 aliphatic rings. The van der Waals surface area contributed by atoms with Crippen molar-refractivity contribution in [2.45, 2.75) is 64.6 Å². The van der Waals surface area contributed by atoms with Crippen LogP contribution in [0.3, 0.4) is 0 Å². The number of amides is 3. The molecule has 4 aromatic carbocycles. The Morgan fingerprint density at radius 1 is 0.887 bits per heavy atom. The van der Waals surface area contributed by atoms with E-state index in [0.29, 0.717) is 73.7 Å². The van der Waals surface area contributed by atoms with E-state index in [1.54, 1.807) is 35.2 Å². The Hall–Kier alpha value is -5.39. The number of nitrogens with zero attached hydrogens (tertiary/aromatic N) is 2. The number of ether oxygens (including phenoxy) is 2. The number of nitrogens with two attached hydrogens (primary N) is 1. The second kappa shape index (κ2) is 18.9. The zero-order valence-electron chi connectivity index (χ0n) is 30.8. The van der Waals surface area contributed by atoms with E-state index in [-0.39, 0.29) is 42.8 Å². The van der Waals surface area contributed by atoms with Crippen molar-refractivity contribution in [3.05, 3.63) is 108 Å². The minimum absolute atomic E-state index is 0.0931. The molecule has 5 N–H and O–H groups in total. The van der Waals surface area contributed by atoms with Gasteiger partial charge in [0.1, 0.15) is 17.6 Å². The second-order valence-corrected chi connectivity index (χ2v) is 13.8. The number of nitrogens with one attached hydrogen (secondary N) is 2. The first kappa shape index (κ1) is 38.8. The van der Waals surface area contributed by atoms with Crippen LogP contribution in [0.2, 0.25) is 0 Å². The lowest BCUT2D eigenvalue weighted by atomic mass is 9.98. The van der Waals surface area contributed by atoms with Gasteiger partial charge in [0.2, 0.25) is 11.8 Å². The van der Waals surface area contributed by atoms with Gasteiger partial charge in [0.15, 0.2) is 5.75 Å². The second-order valence-electron chi connectivity index (χ2n) is 13.8. The Bertz CT molecular complexity index is 1820. The predicted molar refractivity (Wildman–Crippen MR) is 208 cm³/mol. The van der Waals surface area contributed by atoms with Crippen molar-refractivity contribution < 1.29 is 29.0 Å². The summed E-state index contributed by atoms with van der Waals surface area (Å²) in [6.45, 7) is 5.29. The maximum absolute atomic E-state index is 13.9. The summed E-state index contributed by atoms with van der Waals surface area (Å²) in [6.07, 6.45) is 2.14. The zero-order chi connectivity index (χ0) is 37.7. The first-order valence-electron chi connectivity index (χ1n) is 18.3. The maximum atomic E-state index is 13.9. The number of aliphatic hydroxyl groups is 1. The highest BCUT2D eigenvalue weighted by Gasteiger charge is 2.34. The lowest BCUT2D eigenvalue weighted by molar-refractivity contribution is -0.116. The number of rotatable bonds is 16. The van der Waals surface area contributed by atoms with Gasteiger partial charge in [-0.15, -0.1) is 0 Å². The van der Waals surface area contributed by atoms with Crippen molar-refractivity contribution in [1.29, 1.82) is 0 Å². The van der Waals surface area contributed by atoms with Gasteiger partial charge in [-0.1, -0.05) is 61.9 Å². The molecule has 280 valence electrons. The number of anilines is 3. The molecule has 0 aliphatic carbocycles. The lowest BCUT2D eigenvalue weighted by Gasteiger charge is -2.38. The highest BCUT2D eigenvalue weighted by molar-refractivity contribution is 6.01. The van der Waals surface area contributed by atoms with Gasteiger partial charge in [-0.2, -0.15) is 0 Å². The van der Waals surface area contributed by atoms with E-state index in [1.165, 1.54) is 0 Å². The van der Waals surface area contributed by atoms with E-state index in [4.69, 9.17) is 15.2 Å². The van der Waals surface area contributed by atoms with Crippen LogP contribution in [0.1, 0.15) is 61.9 Å². The van der Waals surface area contributed by atoms with Crippen molar-refractivity contribution in [3.8, 4) is 17.2 Å². The van der Waals surface area contributed by atoms with E-state index in [2.05, 4.69) is 15.5 Å². The largest absolute Gasteiger partial charge is 0.486 e. The SMILES string of the molecule is C[C@H](CO)N1C[C@H](C)[C@@H](CN(C)Cc2ccc(Oc3ccccc3)cc2)Oc2c(NC(=O)CCCCCC(=O)Nc3ccccc3N)cccc2C1=O. The van der Waals surface area contributed by atoms with E-state index in [1.807, 2.05) is 87.6 Å². The fourth-order valence-corrected chi connectivity index (χ4v) is 6.31. The van der Waals surface area contributed by atoms with Gasteiger partial charge in [-0.3, -0.25) is 19.3 Å². The molecular formula is C42H51N5O6. The van der Waals surface area contributed by atoms with Crippen LogP contribution in [0.5, 0.6) is 17.2 Å². The molecule has 0 unspecified atom stereocenters. The molecule has 11 heteroatoms. The number of aliphatic hydroxyl groups excluding tert-OH is 1. The summed E-state index contributed by atoms with van der Waals surface area (Å²) in [4.78, 5) is 43.3. The number of fused-ring (bicyclic) bond motifs is 1. The van der Waals surface area contributed by atoms with Gasteiger partial charge in [0, 0.05) is 38.4 Å². The number of para-hydroxylation sites is 4. The van der Waals surface area contributed by atoms with Crippen LogP contribution in [0.15, 0.2) is 97.1 Å². The predicted octanol–water partition coefficient (Wildman–Crippen LogP) is 6.94. The van der Waals surface area contributed by atoms with Crippen molar-refractivity contribution >= 4 is 34.8 Å². The number of unbranched alkanes of at least 4 members (excludes halogenated alkanes) is 2. The van der Waals surface area contributed by atoms with Crippen LogP contribution in [-0.4, -0.2) is 71.5 Å². The Kier molecular flexibility index (Phi) is 13.9. The Morgan fingerprint density at radius 2 is 1.51 bits per heavy atom. The molecule has 0 spiro atoms. The molecule has 0 saturated heterocycles. The van der Waals surface area contributed by atoms with E-state index in [9.17, 15) is 19.5 Å². The van der Waals surface area contributed by atoms with Crippen LogP contribution in [0.4, 0.5) is 17.1 Å². The first-order chi connectivity index (χ1) is 25.6. The van der Waals surface area contributed by atoms with Gasteiger partial charge < -0.3 is 35.8 Å². The molecule has 3 amide bonds. The summed E-state index contributed by atoms with van der Waals surface area (Å²) in [5, 5.41) is 15.9. The van der Waals surface area contributed by atoms with Crippen molar-refractivity contribution in [2.24, 2.45) is 5.92 Å². The van der Waals surface area contributed by atoms with Crippen molar-refractivity contribution in [3.63, 3.8) is 0 Å². The fraction of sp³-hybridized carbons (Fsp3) is 0.357. The molecule has 0 radical (unpaired) electrons. The van der Waals surface area contributed by atoms with E-state index in [0.717, 1.165) is 17.1 Å². The molecule has 0 fully saturated rings. The number of benzene rings is 4. The fourth-order valence-electron chi connectivity index (χ4n) is 6.31. The summed E-state index contributed by atoms with van der Waals surface area (Å²) in [5.74, 6) is 1.17. The molecule has 0 saturated carbocycles.